The van der Waals surface area contributed by atoms with Crippen molar-refractivity contribution in [3.8, 4) is 17.6 Å². The highest BCUT2D eigenvalue weighted by atomic mass is 16.7. The monoisotopic (exact) mass is 244 g/mol. The van der Waals surface area contributed by atoms with Gasteiger partial charge in [0.15, 0.2) is 11.5 Å². The Morgan fingerprint density at radius 1 is 1.28 bits per heavy atom. The lowest BCUT2D eigenvalue weighted by Gasteiger charge is -2.08. The van der Waals surface area contributed by atoms with Crippen molar-refractivity contribution < 1.29 is 9.47 Å². The van der Waals surface area contributed by atoms with Crippen LogP contribution in [0.15, 0.2) is 18.2 Å². The Morgan fingerprint density at radius 2 is 2.11 bits per heavy atom. The number of benzene rings is 1. The zero-order valence-electron chi connectivity index (χ0n) is 10.2. The maximum atomic E-state index is 8.96. The SMILES string of the molecule is N#CC1(CNCCc2ccc3c(c2)OCO3)CC1. The van der Waals surface area contributed by atoms with Gasteiger partial charge in [-0.3, -0.25) is 0 Å². The lowest BCUT2D eigenvalue weighted by Crippen LogP contribution is -2.25. The molecule has 1 aliphatic carbocycles. The minimum absolute atomic E-state index is 0.0606. The van der Waals surface area contributed by atoms with E-state index in [0.717, 1.165) is 43.9 Å². The first-order chi connectivity index (χ1) is 8.81. The molecule has 3 rings (SSSR count). The Kier molecular flexibility index (Phi) is 2.85. The highest BCUT2D eigenvalue weighted by molar-refractivity contribution is 5.44. The Hall–Kier alpha value is -1.73. The highest BCUT2D eigenvalue weighted by Crippen LogP contribution is 2.44. The number of hydrogen-bond donors (Lipinski definition) is 1. The van der Waals surface area contributed by atoms with Crippen molar-refractivity contribution in [3.05, 3.63) is 23.8 Å². The van der Waals surface area contributed by atoms with Crippen LogP contribution < -0.4 is 14.8 Å². The Morgan fingerprint density at radius 3 is 2.89 bits per heavy atom. The van der Waals surface area contributed by atoms with Crippen molar-refractivity contribution in [2.75, 3.05) is 19.9 Å². The Bertz CT molecular complexity index is 489. The first-order valence-electron chi connectivity index (χ1n) is 6.32. The summed E-state index contributed by atoms with van der Waals surface area (Å²) in [7, 11) is 0. The molecule has 1 aliphatic heterocycles. The molecule has 4 heteroatoms. The minimum atomic E-state index is -0.0606. The molecule has 1 heterocycles. The van der Waals surface area contributed by atoms with Crippen LogP contribution in [0.25, 0.3) is 0 Å². The molecule has 1 fully saturated rings. The molecule has 4 nitrogen and oxygen atoms in total. The first kappa shape index (κ1) is 11.4. The molecular formula is C14H16N2O2. The van der Waals surface area contributed by atoms with Gasteiger partial charge < -0.3 is 14.8 Å². The summed E-state index contributed by atoms with van der Waals surface area (Å²) in [6.45, 7) is 2.03. The summed E-state index contributed by atoms with van der Waals surface area (Å²) < 4.78 is 10.6. The van der Waals surface area contributed by atoms with E-state index in [-0.39, 0.29) is 5.41 Å². The molecule has 1 N–H and O–H groups in total. The molecular weight excluding hydrogens is 228 g/mol. The van der Waals surface area contributed by atoms with Gasteiger partial charge in [-0.05, 0) is 43.5 Å². The van der Waals surface area contributed by atoms with Crippen LogP contribution in [0.5, 0.6) is 11.5 Å². The van der Waals surface area contributed by atoms with E-state index < -0.39 is 0 Å². The summed E-state index contributed by atoms with van der Waals surface area (Å²) in [6.07, 6.45) is 3.03. The third-order valence-electron chi connectivity index (χ3n) is 3.58. The summed E-state index contributed by atoms with van der Waals surface area (Å²) in [5.74, 6) is 1.66. The molecule has 2 aliphatic rings. The summed E-state index contributed by atoms with van der Waals surface area (Å²) in [6, 6.07) is 8.43. The van der Waals surface area contributed by atoms with E-state index in [1.54, 1.807) is 0 Å². The number of rotatable bonds is 5. The number of nitriles is 1. The van der Waals surface area contributed by atoms with Gasteiger partial charge in [0.2, 0.25) is 6.79 Å². The van der Waals surface area contributed by atoms with Gasteiger partial charge in [-0.15, -0.1) is 0 Å². The lowest BCUT2D eigenvalue weighted by molar-refractivity contribution is 0.174. The number of nitrogens with one attached hydrogen (secondary N) is 1. The number of ether oxygens (including phenoxy) is 2. The molecule has 0 radical (unpaired) electrons. The van der Waals surface area contributed by atoms with Gasteiger partial charge in [0.05, 0.1) is 11.5 Å². The van der Waals surface area contributed by atoms with Crippen LogP contribution in [-0.4, -0.2) is 19.9 Å². The highest BCUT2D eigenvalue weighted by Gasteiger charge is 2.42. The van der Waals surface area contributed by atoms with E-state index in [2.05, 4.69) is 17.5 Å². The second-order valence-corrected chi connectivity index (χ2v) is 5.01. The smallest absolute Gasteiger partial charge is 0.231 e. The van der Waals surface area contributed by atoms with E-state index in [1.165, 1.54) is 5.56 Å². The van der Waals surface area contributed by atoms with E-state index in [9.17, 15) is 0 Å². The number of fused-ring (bicyclic) bond motifs is 1. The standard InChI is InChI=1S/C14H16N2O2/c15-8-14(4-5-14)9-16-6-3-11-1-2-12-13(7-11)18-10-17-12/h1-2,7,16H,3-6,9-10H2. The average molecular weight is 244 g/mol. The van der Waals surface area contributed by atoms with Gasteiger partial charge >= 0.3 is 0 Å². The van der Waals surface area contributed by atoms with Crippen LogP contribution in [0.3, 0.4) is 0 Å². The van der Waals surface area contributed by atoms with Crippen molar-refractivity contribution in [1.29, 1.82) is 5.26 Å². The third kappa shape index (κ3) is 2.27. The number of nitrogens with zero attached hydrogens (tertiary/aromatic N) is 1. The first-order valence-corrected chi connectivity index (χ1v) is 6.32. The molecule has 1 saturated carbocycles. The zero-order chi connectivity index (χ0) is 12.4. The average Bonchev–Trinajstić information content (AvgIpc) is 3.03. The zero-order valence-corrected chi connectivity index (χ0v) is 10.2. The van der Waals surface area contributed by atoms with Crippen LogP contribution in [0.2, 0.25) is 0 Å². The molecule has 1 aromatic rings. The molecule has 0 bridgehead atoms. The van der Waals surface area contributed by atoms with Gasteiger partial charge in [-0.2, -0.15) is 5.26 Å². The second kappa shape index (κ2) is 4.51. The van der Waals surface area contributed by atoms with Crippen molar-refractivity contribution >= 4 is 0 Å². The van der Waals surface area contributed by atoms with Crippen LogP contribution >= 0.6 is 0 Å². The van der Waals surface area contributed by atoms with Gasteiger partial charge in [0.25, 0.3) is 0 Å². The van der Waals surface area contributed by atoms with Crippen LogP contribution in [0.1, 0.15) is 18.4 Å². The maximum absolute atomic E-state index is 8.96. The quantitative estimate of drug-likeness (QED) is 0.803. The molecule has 0 saturated heterocycles. The molecule has 18 heavy (non-hydrogen) atoms. The summed E-state index contributed by atoms with van der Waals surface area (Å²) in [5.41, 5.74) is 1.17. The normalized spacial score (nSPS) is 18.4. The largest absolute Gasteiger partial charge is 0.454 e. The van der Waals surface area contributed by atoms with E-state index >= 15 is 0 Å². The Balaban J connectivity index is 1.47. The lowest BCUT2D eigenvalue weighted by atomic mass is 10.1. The van der Waals surface area contributed by atoms with Crippen LogP contribution in [0, 0.1) is 16.7 Å². The third-order valence-corrected chi connectivity index (χ3v) is 3.58. The molecule has 0 aromatic heterocycles. The topological polar surface area (TPSA) is 54.3 Å². The van der Waals surface area contributed by atoms with Crippen molar-refractivity contribution in [1.82, 2.24) is 5.32 Å². The molecule has 0 atom stereocenters. The predicted molar refractivity (Wildman–Crippen MR) is 66.4 cm³/mol. The van der Waals surface area contributed by atoms with Crippen molar-refractivity contribution in [2.24, 2.45) is 5.41 Å². The van der Waals surface area contributed by atoms with Crippen LogP contribution in [0.4, 0.5) is 0 Å². The Labute approximate surface area is 107 Å². The van der Waals surface area contributed by atoms with Crippen LogP contribution in [-0.2, 0) is 6.42 Å². The summed E-state index contributed by atoms with van der Waals surface area (Å²) >= 11 is 0. The van der Waals surface area contributed by atoms with E-state index in [1.807, 2.05) is 12.1 Å². The summed E-state index contributed by atoms with van der Waals surface area (Å²) in [4.78, 5) is 0. The fraction of sp³-hybridized carbons (Fsp3) is 0.500. The van der Waals surface area contributed by atoms with Gasteiger partial charge in [-0.1, -0.05) is 6.07 Å². The molecule has 0 spiro atoms. The van der Waals surface area contributed by atoms with E-state index in [4.69, 9.17) is 14.7 Å². The van der Waals surface area contributed by atoms with Crippen molar-refractivity contribution in [3.63, 3.8) is 0 Å². The minimum Gasteiger partial charge on any atom is -0.454 e. The molecule has 0 unspecified atom stereocenters. The molecule has 1 aromatic carbocycles. The van der Waals surface area contributed by atoms with Gasteiger partial charge in [0, 0.05) is 6.54 Å². The maximum Gasteiger partial charge on any atom is 0.231 e. The van der Waals surface area contributed by atoms with Gasteiger partial charge in [-0.25, -0.2) is 0 Å². The van der Waals surface area contributed by atoms with Gasteiger partial charge in [0.1, 0.15) is 0 Å². The molecule has 0 amide bonds. The number of hydrogen-bond acceptors (Lipinski definition) is 4. The fourth-order valence-electron chi connectivity index (χ4n) is 2.14. The fourth-order valence-corrected chi connectivity index (χ4v) is 2.14. The summed E-state index contributed by atoms with van der Waals surface area (Å²) in [5, 5.41) is 12.3. The van der Waals surface area contributed by atoms with E-state index in [0.29, 0.717) is 6.79 Å². The van der Waals surface area contributed by atoms with Crippen molar-refractivity contribution in [2.45, 2.75) is 19.3 Å². The molecule has 94 valence electrons. The second-order valence-electron chi connectivity index (χ2n) is 5.01. The predicted octanol–water partition coefficient (Wildman–Crippen LogP) is 1.85.